The van der Waals surface area contributed by atoms with E-state index >= 15 is 0 Å². The van der Waals surface area contributed by atoms with Crippen molar-refractivity contribution in [2.75, 3.05) is 25.1 Å². The fourth-order valence-corrected chi connectivity index (χ4v) is 5.30. The molecule has 0 saturated carbocycles. The zero-order chi connectivity index (χ0) is 27.7. The fraction of sp³-hybridized carbons (Fsp3) is 0.433. The van der Waals surface area contributed by atoms with Crippen LogP contribution in [0.1, 0.15) is 57.9 Å². The summed E-state index contributed by atoms with van der Waals surface area (Å²) in [5.41, 5.74) is 3.39. The van der Waals surface area contributed by atoms with Gasteiger partial charge in [-0.05, 0) is 58.1 Å². The number of ether oxygens (including phenoxy) is 2. The summed E-state index contributed by atoms with van der Waals surface area (Å²) in [7, 11) is 1.39. The highest BCUT2D eigenvalue weighted by Gasteiger charge is 2.37. The SMILES string of the molecule is C=CC=CC1(C)CCN(c2c(C(OC(C)(C)C)C(=O)OC)c(C)nc3cc(-c4cccc(Br)c4)nn23)CC1. The van der Waals surface area contributed by atoms with Crippen LogP contribution < -0.4 is 4.90 Å². The zero-order valence-corrected chi connectivity index (χ0v) is 24.7. The van der Waals surface area contributed by atoms with Gasteiger partial charge in [0.1, 0.15) is 5.82 Å². The lowest BCUT2D eigenvalue weighted by Gasteiger charge is -2.40. The zero-order valence-electron chi connectivity index (χ0n) is 23.1. The second kappa shape index (κ2) is 11.0. The van der Waals surface area contributed by atoms with Crippen LogP contribution in [-0.4, -0.2) is 46.4 Å². The Kier molecular flexibility index (Phi) is 8.14. The van der Waals surface area contributed by atoms with Crippen molar-refractivity contribution in [1.82, 2.24) is 14.6 Å². The molecule has 1 aliphatic heterocycles. The molecule has 0 amide bonds. The molecule has 0 spiro atoms. The molecule has 4 rings (SSSR count). The number of carbonyl (C=O) groups is 1. The second-order valence-electron chi connectivity index (χ2n) is 11.1. The number of hydrogen-bond acceptors (Lipinski definition) is 6. The number of rotatable bonds is 7. The summed E-state index contributed by atoms with van der Waals surface area (Å²) in [6.45, 7) is 15.4. The summed E-state index contributed by atoms with van der Waals surface area (Å²) in [5.74, 6) is 0.365. The topological polar surface area (TPSA) is 69.0 Å². The maximum atomic E-state index is 13.2. The quantitative estimate of drug-likeness (QED) is 0.225. The highest BCUT2D eigenvalue weighted by molar-refractivity contribution is 9.10. The van der Waals surface area contributed by atoms with Crippen LogP contribution in [0.2, 0.25) is 0 Å². The minimum atomic E-state index is -0.945. The molecule has 1 aromatic carbocycles. The standard InChI is InChI=1S/C30H37BrN4O3/c1-8-9-13-30(6)14-16-34(17-15-30)27-25(26(28(36)37-7)38-29(3,4)5)20(2)32-24-19-23(33-35(24)27)21-11-10-12-22(31)18-21/h8-13,18-19,26H,1,14-17H2,2-7H3. The molecular formula is C30H37BrN4O3. The van der Waals surface area contributed by atoms with Crippen LogP contribution >= 0.6 is 15.9 Å². The normalized spacial score (nSPS) is 16.7. The summed E-state index contributed by atoms with van der Waals surface area (Å²) >= 11 is 3.56. The fourth-order valence-electron chi connectivity index (χ4n) is 4.90. The van der Waals surface area contributed by atoms with Gasteiger partial charge in [0.05, 0.1) is 24.0 Å². The van der Waals surface area contributed by atoms with Gasteiger partial charge in [-0.25, -0.2) is 9.78 Å². The lowest BCUT2D eigenvalue weighted by atomic mass is 9.80. The highest BCUT2D eigenvalue weighted by Crippen LogP contribution is 2.40. The van der Waals surface area contributed by atoms with E-state index in [1.807, 2.05) is 74.7 Å². The molecule has 1 atom stereocenters. The number of methoxy groups -OCH3 is 1. The first-order valence-corrected chi connectivity index (χ1v) is 13.7. The molecule has 8 heteroatoms. The number of fused-ring (bicyclic) bond motifs is 1. The van der Waals surface area contributed by atoms with Crippen molar-refractivity contribution in [3.8, 4) is 11.3 Å². The number of aromatic nitrogens is 3. The van der Waals surface area contributed by atoms with Crippen molar-refractivity contribution in [2.45, 2.75) is 59.2 Å². The summed E-state index contributed by atoms with van der Waals surface area (Å²) in [6.07, 6.45) is 7.04. The van der Waals surface area contributed by atoms with E-state index in [0.29, 0.717) is 11.3 Å². The summed E-state index contributed by atoms with van der Waals surface area (Å²) in [4.78, 5) is 20.3. The van der Waals surface area contributed by atoms with Crippen molar-refractivity contribution in [3.63, 3.8) is 0 Å². The molecule has 3 aromatic rings. The number of anilines is 1. The molecule has 0 bridgehead atoms. The number of carbonyl (C=O) groups excluding carboxylic acids is 1. The molecule has 1 unspecified atom stereocenters. The molecule has 1 saturated heterocycles. The van der Waals surface area contributed by atoms with E-state index in [4.69, 9.17) is 19.6 Å². The number of benzene rings is 1. The Bertz CT molecular complexity index is 1360. The molecule has 0 aliphatic carbocycles. The van der Waals surface area contributed by atoms with Gasteiger partial charge in [0.15, 0.2) is 11.8 Å². The molecule has 1 aliphatic rings. The van der Waals surface area contributed by atoms with Gasteiger partial charge in [0.25, 0.3) is 0 Å². The number of nitrogens with zero attached hydrogens (tertiary/aromatic N) is 4. The number of esters is 1. The Morgan fingerprint density at radius 3 is 2.55 bits per heavy atom. The molecule has 3 heterocycles. The van der Waals surface area contributed by atoms with Gasteiger partial charge in [0.2, 0.25) is 0 Å². The van der Waals surface area contributed by atoms with E-state index < -0.39 is 17.7 Å². The number of aryl methyl sites for hydroxylation is 1. The molecule has 7 nitrogen and oxygen atoms in total. The van der Waals surface area contributed by atoms with E-state index in [-0.39, 0.29) is 5.41 Å². The second-order valence-corrected chi connectivity index (χ2v) is 12.0. The lowest BCUT2D eigenvalue weighted by Crippen LogP contribution is -2.40. The number of allylic oxidation sites excluding steroid dienone is 3. The van der Waals surface area contributed by atoms with Gasteiger partial charge in [0, 0.05) is 34.9 Å². The van der Waals surface area contributed by atoms with Crippen molar-refractivity contribution in [3.05, 3.63) is 70.9 Å². The van der Waals surface area contributed by atoms with E-state index in [1.165, 1.54) is 7.11 Å². The average molecular weight is 582 g/mol. The number of piperidine rings is 1. The Balaban J connectivity index is 1.91. The van der Waals surface area contributed by atoms with Crippen LogP contribution in [0, 0.1) is 12.3 Å². The van der Waals surface area contributed by atoms with Gasteiger partial charge in [-0.3, -0.25) is 0 Å². The molecular weight excluding hydrogens is 544 g/mol. The van der Waals surface area contributed by atoms with Crippen molar-refractivity contribution in [1.29, 1.82) is 0 Å². The van der Waals surface area contributed by atoms with E-state index in [0.717, 1.165) is 53.1 Å². The van der Waals surface area contributed by atoms with Crippen molar-refractivity contribution < 1.29 is 14.3 Å². The Morgan fingerprint density at radius 2 is 1.95 bits per heavy atom. The summed E-state index contributed by atoms with van der Waals surface area (Å²) in [5, 5.41) is 5.01. The maximum Gasteiger partial charge on any atom is 0.339 e. The van der Waals surface area contributed by atoms with E-state index in [9.17, 15) is 4.79 Å². The van der Waals surface area contributed by atoms with Gasteiger partial charge < -0.3 is 14.4 Å². The molecule has 0 radical (unpaired) electrons. The third-order valence-corrected chi connectivity index (χ3v) is 7.41. The number of halogens is 1. The van der Waals surface area contributed by atoms with Crippen LogP contribution in [0.3, 0.4) is 0 Å². The first kappa shape index (κ1) is 28.0. The van der Waals surface area contributed by atoms with Crippen molar-refractivity contribution >= 4 is 33.4 Å². The Labute approximate surface area is 233 Å². The molecule has 1 fully saturated rings. The molecule has 2 aromatic heterocycles. The van der Waals surface area contributed by atoms with Crippen molar-refractivity contribution in [2.24, 2.45) is 5.41 Å². The van der Waals surface area contributed by atoms with Gasteiger partial charge in [-0.1, -0.05) is 59.8 Å². The first-order chi connectivity index (χ1) is 17.9. The van der Waals surface area contributed by atoms with E-state index in [2.05, 4.69) is 40.4 Å². The number of hydrogen-bond donors (Lipinski definition) is 0. The first-order valence-electron chi connectivity index (χ1n) is 12.9. The molecule has 0 N–H and O–H groups in total. The van der Waals surface area contributed by atoms with Crippen LogP contribution in [0.25, 0.3) is 16.9 Å². The average Bonchev–Trinajstić information content (AvgIpc) is 3.29. The maximum absolute atomic E-state index is 13.2. The Morgan fingerprint density at radius 1 is 1.24 bits per heavy atom. The Hall–Kier alpha value is -2.97. The predicted octanol–water partition coefficient (Wildman–Crippen LogP) is 6.85. The third-order valence-electron chi connectivity index (χ3n) is 6.91. The summed E-state index contributed by atoms with van der Waals surface area (Å²) in [6, 6.07) is 10.0. The largest absolute Gasteiger partial charge is 0.467 e. The smallest absolute Gasteiger partial charge is 0.339 e. The van der Waals surface area contributed by atoms with Gasteiger partial charge in [-0.15, -0.1) is 0 Å². The molecule has 38 heavy (non-hydrogen) atoms. The minimum absolute atomic E-state index is 0.0707. The highest BCUT2D eigenvalue weighted by atomic mass is 79.9. The van der Waals surface area contributed by atoms with Crippen LogP contribution in [0.4, 0.5) is 5.82 Å². The minimum Gasteiger partial charge on any atom is -0.467 e. The van der Waals surface area contributed by atoms with Crippen LogP contribution in [0.5, 0.6) is 0 Å². The van der Waals surface area contributed by atoms with Crippen LogP contribution in [0.15, 0.2) is 59.6 Å². The monoisotopic (exact) mass is 580 g/mol. The summed E-state index contributed by atoms with van der Waals surface area (Å²) < 4.78 is 14.4. The molecule has 202 valence electrons. The lowest BCUT2D eigenvalue weighted by molar-refractivity contribution is -0.164. The van der Waals surface area contributed by atoms with Crippen LogP contribution in [-0.2, 0) is 14.3 Å². The van der Waals surface area contributed by atoms with E-state index in [1.54, 1.807) is 0 Å². The van der Waals surface area contributed by atoms with Gasteiger partial charge in [-0.2, -0.15) is 9.61 Å². The predicted molar refractivity (Wildman–Crippen MR) is 155 cm³/mol. The van der Waals surface area contributed by atoms with Gasteiger partial charge >= 0.3 is 5.97 Å². The third kappa shape index (κ3) is 6.02.